The number of hydrogen-bond acceptors (Lipinski definition) is 2. The molecule has 1 aromatic rings. The summed E-state index contributed by atoms with van der Waals surface area (Å²) in [5.74, 6) is 0. The molecule has 1 aromatic carbocycles. The highest BCUT2D eigenvalue weighted by atomic mass is 32.2. The second kappa shape index (κ2) is 5.25. The normalized spacial score (nSPS) is 12.7. The van der Waals surface area contributed by atoms with Crippen molar-refractivity contribution in [2.24, 2.45) is 4.99 Å². The molecule has 16 heavy (non-hydrogen) atoms. The minimum atomic E-state index is -4.54. The number of aliphatic imine (C=N–C) groups is 1. The first-order chi connectivity index (χ1) is 7.44. The molecular weight excluding hydrogens is 237 g/mol. The van der Waals surface area contributed by atoms with Crippen LogP contribution in [0.15, 0.2) is 35.3 Å². The summed E-state index contributed by atoms with van der Waals surface area (Å²) >= 11 is 0.956. The van der Waals surface area contributed by atoms with E-state index in [9.17, 15) is 13.2 Å². The van der Waals surface area contributed by atoms with Gasteiger partial charge >= 0.3 is 6.30 Å². The number of alkyl halides is 3. The van der Waals surface area contributed by atoms with Crippen LogP contribution in [0.2, 0.25) is 0 Å². The number of para-hydroxylation sites is 1. The van der Waals surface area contributed by atoms with Gasteiger partial charge in [0.2, 0.25) is 0 Å². The molecule has 0 aromatic heterocycles. The second-order valence-electron chi connectivity index (χ2n) is 2.96. The van der Waals surface area contributed by atoms with Crippen LogP contribution in [0, 0.1) is 0 Å². The monoisotopic (exact) mass is 248 g/mol. The number of hydrogen-bond donors (Lipinski definition) is 0. The molecule has 1 rings (SSSR count). The molecule has 0 saturated heterocycles. The van der Waals surface area contributed by atoms with E-state index in [4.69, 9.17) is 0 Å². The van der Waals surface area contributed by atoms with Gasteiger partial charge in [0.15, 0.2) is 5.17 Å². The molecule has 0 amide bonds. The topological polar surface area (TPSA) is 15.6 Å². The van der Waals surface area contributed by atoms with Crippen LogP contribution in [0.5, 0.6) is 0 Å². The van der Waals surface area contributed by atoms with Crippen molar-refractivity contribution >= 4 is 22.6 Å². The first kappa shape index (κ1) is 12.9. The van der Waals surface area contributed by atoms with Gasteiger partial charge in [-0.3, -0.25) is 0 Å². The average Bonchev–Trinajstić information content (AvgIpc) is 2.25. The lowest BCUT2D eigenvalue weighted by Crippen LogP contribution is -2.25. The highest BCUT2D eigenvalue weighted by Gasteiger charge is 2.28. The van der Waals surface area contributed by atoms with Crippen LogP contribution < -0.4 is 4.90 Å². The van der Waals surface area contributed by atoms with Gasteiger partial charge in [0.05, 0.1) is 0 Å². The second-order valence-corrected chi connectivity index (χ2v) is 3.73. The Bertz CT molecular complexity index is 362. The lowest BCUT2D eigenvalue weighted by molar-refractivity contribution is -0.119. The Morgan fingerprint density at radius 2 is 1.81 bits per heavy atom. The van der Waals surface area contributed by atoms with Crippen molar-refractivity contribution in [1.82, 2.24) is 0 Å². The minimum absolute atomic E-state index is 0.0845. The van der Waals surface area contributed by atoms with Gasteiger partial charge in [-0.25, -0.2) is 0 Å². The molecule has 0 aliphatic carbocycles. The number of benzene rings is 1. The number of thioether (sulfide) groups is 1. The molecule has 0 heterocycles. The number of rotatable bonds is 1. The first-order valence-corrected chi connectivity index (χ1v) is 5.66. The van der Waals surface area contributed by atoms with Gasteiger partial charge in [0, 0.05) is 12.7 Å². The molecule has 0 saturated carbocycles. The lowest BCUT2D eigenvalue weighted by atomic mass is 10.3. The fraction of sp³-hybridized carbons (Fsp3) is 0.300. The van der Waals surface area contributed by atoms with Crippen LogP contribution in [0.4, 0.5) is 18.9 Å². The van der Waals surface area contributed by atoms with E-state index in [1.54, 1.807) is 43.6 Å². The van der Waals surface area contributed by atoms with Crippen LogP contribution in [-0.2, 0) is 0 Å². The van der Waals surface area contributed by atoms with E-state index in [2.05, 4.69) is 4.99 Å². The van der Waals surface area contributed by atoms with Crippen molar-refractivity contribution in [2.45, 2.75) is 6.30 Å². The van der Waals surface area contributed by atoms with Gasteiger partial charge in [-0.15, -0.1) is 13.2 Å². The molecule has 0 aliphatic heterocycles. The standard InChI is InChI=1S/C10H11F3N2S/c1-15(8-6-4-3-5-7-8)9(16-2)14-10(11,12)13/h3-7H,1-2H3. The van der Waals surface area contributed by atoms with Gasteiger partial charge in [-0.1, -0.05) is 30.0 Å². The minimum Gasteiger partial charge on any atom is -0.324 e. The fourth-order valence-electron chi connectivity index (χ4n) is 1.13. The first-order valence-electron chi connectivity index (χ1n) is 4.43. The zero-order chi connectivity index (χ0) is 12.2. The van der Waals surface area contributed by atoms with Gasteiger partial charge in [0.25, 0.3) is 0 Å². The van der Waals surface area contributed by atoms with Crippen molar-refractivity contribution < 1.29 is 13.2 Å². The van der Waals surface area contributed by atoms with Crippen molar-refractivity contribution in [2.75, 3.05) is 18.2 Å². The fourth-order valence-corrected chi connectivity index (χ4v) is 1.70. The highest BCUT2D eigenvalue weighted by molar-refractivity contribution is 8.13. The summed E-state index contributed by atoms with van der Waals surface area (Å²) in [4.78, 5) is 4.11. The number of halogens is 3. The summed E-state index contributed by atoms with van der Waals surface area (Å²) in [6.45, 7) is 0. The third-order valence-corrected chi connectivity index (χ3v) is 2.57. The Morgan fingerprint density at radius 3 is 2.25 bits per heavy atom. The van der Waals surface area contributed by atoms with Crippen LogP contribution in [0.1, 0.15) is 0 Å². The number of anilines is 1. The molecule has 0 unspecified atom stereocenters. The molecule has 0 aliphatic rings. The summed E-state index contributed by atoms with van der Waals surface area (Å²) in [6, 6.07) is 8.77. The van der Waals surface area contributed by atoms with E-state index >= 15 is 0 Å². The Hall–Kier alpha value is -1.17. The van der Waals surface area contributed by atoms with E-state index in [1.807, 2.05) is 0 Å². The van der Waals surface area contributed by atoms with Crippen LogP contribution >= 0.6 is 11.8 Å². The average molecular weight is 248 g/mol. The van der Waals surface area contributed by atoms with E-state index in [0.29, 0.717) is 5.69 Å². The molecular formula is C10H11F3N2S. The predicted octanol–water partition coefficient (Wildman–Crippen LogP) is 3.36. The summed E-state index contributed by atoms with van der Waals surface area (Å²) < 4.78 is 36.4. The van der Waals surface area contributed by atoms with Gasteiger partial charge in [-0.05, 0) is 18.4 Å². The molecule has 0 bridgehead atoms. The van der Waals surface area contributed by atoms with Gasteiger partial charge < -0.3 is 4.90 Å². The summed E-state index contributed by atoms with van der Waals surface area (Å²) in [7, 11) is 1.55. The largest absolute Gasteiger partial charge is 0.505 e. The van der Waals surface area contributed by atoms with Gasteiger partial charge in [-0.2, -0.15) is 4.99 Å². The SMILES string of the molecule is CSC(=NC(F)(F)F)N(C)c1ccccc1. The molecule has 2 nitrogen and oxygen atoms in total. The summed E-state index contributed by atoms with van der Waals surface area (Å²) in [6.07, 6.45) is -2.98. The lowest BCUT2D eigenvalue weighted by Gasteiger charge is -2.20. The molecule has 0 spiro atoms. The molecule has 0 fully saturated rings. The molecule has 6 heteroatoms. The van der Waals surface area contributed by atoms with Crippen molar-refractivity contribution in [3.05, 3.63) is 30.3 Å². The van der Waals surface area contributed by atoms with E-state index in [1.165, 1.54) is 4.90 Å². The Balaban J connectivity index is 2.95. The zero-order valence-corrected chi connectivity index (χ0v) is 9.64. The predicted molar refractivity (Wildman–Crippen MR) is 61.9 cm³/mol. The van der Waals surface area contributed by atoms with Crippen LogP contribution in [-0.4, -0.2) is 24.8 Å². The van der Waals surface area contributed by atoms with E-state index in [-0.39, 0.29) is 5.17 Å². The summed E-state index contributed by atoms with van der Waals surface area (Å²) in [5, 5.41) is -0.0845. The van der Waals surface area contributed by atoms with Gasteiger partial charge in [0.1, 0.15) is 0 Å². The Kier molecular flexibility index (Phi) is 4.23. The van der Waals surface area contributed by atoms with Crippen molar-refractivity contribution in [1.29, 1.82) is 0 Å². The third-order valence-electron chi connectivity index (χ3n) is 1.84. The molecule has 0 radical (unpaired) electrons. The van der Waals surface area contributed by atoms with Crippen LogP contribution in [0.25, 0.3) is 0 Å². The highest BCUT2D eigenvalue weighted by Crippen LogP contribution is 2.22. The summed E-state index contributed by atoms with van der Waals surface area (Å²) in [5.41, 5.74) is 0.667. The number of amidine groups is 1. The Labute approximate surface area is 96.2 Å². The molecule has 0 N–H and O–H groups in total. The quantitative estimate of drug-likeness (QED) is 0.430. The maximum absolute atomic E-state index is 12.1. The number of nitrogens with zero attached hydrogens (tertiary/aromatic N) is 2. The zero-order valence-electron chi connectivity index (χ0n) is 8.82. The van der Waals surface area contributed by atoms with Crippen molar-refractivity contribution in [3.8, 4) is 0 Å². The molecule has 88 valence electrons. The Morgan fingerprint density at radius 1 is 1.25 bits per heavy atom. The van der Waals surface area contributed by atoms with E-state index in [0.717, 1.165) is 11.8 Å². The van der Waals surface area contributed by atoms with Crippen LogP contribution in [0.3, 0.4) is 0 Å². The van der Waals surface area contributed by atoms with E-state index < -0.39 is 6.30 Å². The van der Waals surface area contributed by atoms with Crippen molar-refractivity contribution in [3.63, 3.8) is 0 Å². The smallest absolute Gasteiger partial charge is 0.324 e. The third kappa shape index (κ3) is 3.77. The maximum atomic E-state index is 12.1. The maximum Gasteiger partial charge on any atom is 0.505 e. The molecule has 0 atom stereocenters.